The Kier molecular flexibility index (Phi) is 5.82. The minimum Gasteiger partial charge on any atom is -0.496 e. The minimum atomic E-state index is -0.775. The molecule has 2 aromatic carbocycles. The van der Waals surface area contributed by atoms with Crippen molar-refractivity contribution < 1.29 is 19.1 Å². The van der Waals surface area contributed by atoms with Crippen molar-refractivity contribution in [3.8, 4) is 5.75 Å². The number of hydrazine groups is 1. The quantitative estimate of drug-likeness (QED) is 0.843. The van der Waals surface area contributed by atoms with Gasteiger partial charge in [0.25, 0.3) is 5.91 Å². The van der Waals surface area contributed by atoms with Crippen LogP contribution in [-0.2, 0) is 11.3 Å². The zero-order valence-electron chi connectivity index (χ0n) is 12.3. The van der Waals surface area contributed by atoms with E-state index in [1.807, 2.05) is 0 Å². The number of hydrogen-bond acceptors (Lipinski definition) is 4. The van der Waals surface area contributed by atoms with Gasteiger partial charge in [0.1, 0.15) is 12.4 Å². The maximum absolute atomic E-state index is 12.0. The van der Waals surface area contributed by atoms with Gasteiger partial charge in [0.15, 0.2) is 0 Å². The molecule has 0 aliphatic rings. The van der Waals surface area contributed by atoms with Gasteiger partial charge in [-0.3, -0.25) is 10.2 Å². The van der Waals surface area contributed by atoms with Gasteiger partial charge in [-0.25, -0.2) is 10.2 Å². The molecular formula is C16H15ClN2O4. The van der Waals surface area contributed by atoms with Crippen molar-refractivity contribution in [1.82, 2.24) is 10.9 Å². The molecule has 0 aromatic heterocycles. The van der Waals surface area contributed by atoms with Crippen LogP contribution in [0.5, 0.6) is 5.75 Å². The van der Waals surface area contributed by atoms with Crippen molar-refractivity contribution in [3.63, 3.8) is 0 Å². The monoisotopic (exact) mass is 334 g/mol. The maximum atomic E-state index is 12.0. The van der Waals surface area contributed by atoms with Crippen molar-refractivity contribution in [2.45, 2.75) is 6.61 Å². The molecule has 0 aliphatic heterocycles. The van der Waals surface area contributed by atoms with E-state index in [4.69, 9.17) is 21.1 Å². The van der Waals surface area contributed by atoms with Crippen LogP contribution in [0.1, 0.15) is 15.9 Å². The molecule has 0 fully saturated rings. The van der Waals surface area contributed by atoms with Gasteiger partial charge >= 0.3 is 6.09 Å². The third kappa shape index (κ3) is 4.89. The first-order valence-corrected chi connectivity index (χ1v) is 7.08. The highest BCUT2D eigenvalue weighted by Crippen LogP contribution is 2.16. The van der Waals surface area contributed by atoms with Gasteiger partial charge < -0.3 is 9.47 Å². The Morgan fingerprint density at radius 3 is 2.43 bits per heavy atom. The highest BCUT2D eigenvalue weighted by atomic mass is 35.5. The Balaban J connectivity index is 1.82. The topological polar surface area (TPSA) is 76.7 Å². The molecule has 120 valence electrons. The van der Waals surface area contributed by atoms with Crippen molar-refractivity contribution >= 4 is 23.6 Å². The number of amides is 2. The van der Waals surface area contributed by atoms with Crippen LogP contribution in [0.2, 0.25) is 5.02 Å². The fourth-order valence-electron chi connectivity index (χ4n) is 1.77. The molecule has 2 rings (SSSR count). The number of halogens is 1. The molecule has 0 aliphatic carbocycles. The highest BCUT2D eigenvalue weighted by Gasteiger charge is 2.12. The lowest BCUT2D eigenvalue weighted by molar-refractivity contribution is 0.0902. The van der Waals surface area contributed by atoms with E-state index < -0.39 is 12.0 Å². The number of para-hydroxylation sites is 1. The van der Waals surface area contributed by atoms with Crippen molar-refractivity contribution in [2.24, 2.45) is 0 Å². The predicted molar refractivity (Wildman–Crippen MR) is 85.2 cm³/mol. The smallest absolute Gasteiger partial charge is 0.426 e. The number of rotatable bonds is 4. The van der Waals surface area contributed by atoms with E-state index in [2.05, 4.69) is 10.9 Å². The second-order valence-corrected chi connectivity index (χ2v) is 4.92. The Labute approximate surface area is 138 Å². The number of benzene rings is 2. The normalized spacial score (nSPS) is 9.83. The molecule has 0 heterocycles. The third-order valence-corrected chi connectivity index (χ3v) is 3.16. The van der Waals surface area contributed by atoms with Crippen LogP contribution < -0.4 is 15.6 Å². The fourth-order valence-corrected chi connectivity index (χ4v) is 1.90. The van der Waals surface area contributed by atoms with E-state index in [-0.39, 0.29) is 6.61 Å². The van der Waals surface area contributed by atoms with Crippen LogP contribution in [0.3, 0.4) is 0 Å². The van der Waals surface area contributed by atoms with Crippen LogP contribution >= 0.6 is 11.6 Å². The average molecular weight is 335 g/mol. The van der Waals surface area contributed by atoms with Crippen molar-refractivity contribution in [2.75, 3.05) is 7.11 Å². The summed E-state index contributed by atoms with van der Waals surface area (Å²) in [4.78, 5) is 23.5. The molecule has 0 spiro atoms. The molecule has 2 aromatic rings. The lowest BCUT2D eigenvalue weighted by Crippen LogP contribution is -2.41. The van der Waals surface area contributed by atoms with Gasteiger partial charge in [-0.05, 0) is 29.8 Å². The van der Waals surface area contributed by atoms with E-state index >= 15 is 0 Å². The summed E-state index contributed by atoms with van der Waals surface area (Å²) in [5.41, 5.74) is 5.50. The van der Waals surface area contributed by atoms with Crippen LogP contribution in [-0.4, -0.2) is 19.1 Å². The summed E-state index contributed by atoms with van der Waals surface area (Å²) in [5.74, 6) is -0.104. The van der Waals surface area contributed by atoms with E-state index in [0.29, 0.717) is 16.3 Å². The first-order valence-electron chi connectivity index (χ1n) is 6.70. The molecule has 0 saturated carbocycles. The molecule has 2 N–H and O–H groups in total. The van der Waals surface area contributed by atoms with Crippen LogP contribution in [0.25, 0.3) is 0 Å². The lowest BCUT2D eigenvalue weighted by Gasteiger charge is -2.10. The largest absolute Gasteiger partial charge is 0.496 e. The highest BCUT2D eigenvalue weighted by molar-refractivity contribution is 6.30. The van der Waals surface area contributed by atoms with Gasteiger partial charge in [-0.1, -0.05) is 35.9 Å². The number of hydrogen-bond donors (Lipinski definition) is 2. The fraction of sp³-hybridized carbons (Fsp3) is 0.125. The number of methoxy groups -OCH3 is 1. The Bertz CT molecular complexity index is 689. The van der Waals surface area contributed by atoms with E-state index in [1.54, 1.807) is 48.5 Å². The third-order valence-electron chi connectivity index (χ3n) is 2.91. The van der Waals surface area contributed by atoms with E-state index in [9.17, 15) is 9.59 Å². The zero-order valence-corrected chi connectivity index (χ0v) is 13.1. The van der Waals surface area contributed by atoms with Crippen LogP contribution in [0.4, 0.5) is 4.79 Å². The standard InChI is InChI=1S/C16H15ClN2O4/c1-22-14-5-3-2-4-13(14)15(20)18-19-16(21)23-10-11-6-8-12(17)9-7-11/h2-9H,10H2,1H3,(H,18,20)(H,19,21). The Morgan fingerprint density at radius 2 is 1.74 bits per heavy atom. The summed E-state index contributed by atoms with van der Waals surface area (Å²) in [6.45, 7) is 0.0630. The number of ether oxygens (including phenoxy) is 2. The first kappa shape index (κ1) is 16.6. The molecule has 2 amide bonds. The summed E-state index contributed by atoms with van der Waals surface area (Å²) in [6.07, 6.45) is -0.775. The molecule has 6 nitrogen and oxygen atoms in total. The maximum Gasteiger partial charge on any atom is 0.426 e. The molecule has 0 atom stereocenters. The molecular weight excluding hydrogens is 320 g/mol. The molecule has 0 radical (unpaired) electrons. The van der Waals surface area contributed by atoms with Crippen molar-refractivity contribution in [3.05, 3.63) is 64.7 Å². The summed E-state index contributed by atoms with van der Waals surface area (Å²) in [5, 5.41) is 0.599. The summed E-state index contributed by atoms with van der Waals surface area (Å²) >= 11 is 5.76. The second kappa shape index (κ2) is 8.05. The van der Waals surface area contributed by atoms with Gasteiger partial charge in [-0.2, -0.15) is 0 Å². The average Bonchev–Trinajstić information content (AvgIpc) is 2.59. The minimum absolute atomic E-state index is 0.0630. The predicted octanol–water partition coefficient (Wildman–Crippen LogP) is 2.92. The molecule has 7 heteroatoms. The van der Waals surface area contributed by atoms with Crippen LogP contribution in [0, 0.1) is 0 Å². The number of carbonyl (C=O) groups is 2. The summed E-state index contributed by atoms with van der Waals surface area (Å²) in [7, 11) is 1.46. The summed E-state index contributed by atoms with van der Waals surface area (Å²) in [6, 6.07) is 13.5. The molecule has 23 heavy (non-hydrogen) atoms. The van der Waals surface area contributed by atoms with E-state index in [1.165, 1.54) is 7.11 Å². The van der Waals surface area contributed by atoms with Crippen molar-refractivity contribution in [1.29, 1.82) is 0 Å². The summed E-state index contributed by atoms with van der Waals surface area (Å²) < 4.78 is 10.0. The van der Waals surface area contributed by atoms with Gasteiger partial charge in [0, 0.05) is 5.02 Å². The lowest BCUT2D eigenvalue weighted by atomic mass is 10.2. The first-order chi connectivity index (χ1) is 11.1. The van der Waals surface area contributed by atoms with Gasteiger partial charge in [0.2, 0.25) is 0 Å². The van der Waals surface area contributed by atoms with Gasteiger partial charge in [-0.15, -0.1) is 0 Å². The zero-order chi connectivity index (χ0) is 16.7. The Hall–Kier alpha value is -2.73. The SMILES string of the molecule is COc1ccccc1C(=O)NNC(=O)OCc1ccc(Cl)cc1. The molecule has 0 unspecified atom stereocenters. The second-order valence-electron chi connectivity index (χ2n) is 4.48. The number of carbonyl (C=O) groups excluding carboxylic acids is 2. The number of nitrogens with one attached hydrogen (secondary N) is 2. The van der Waals surface area contributed by atoms with Gasteiger partial charge in [0.05, 0.1) is 12.7 Å². The molecule has 0 saturated heterocycles. The van der Waals surface area contributed by atoms with Crippen LogP contribution in [0.15, 0.2) is 48.5 Å². The van der Waals surface area contributed by atoms with E-state index in [0.717, 1.165) is 5.56 Å². The Morgan fingerprint density at radius 1 is 1.04 bits per heavy atom. The molecule has 0 bridgehead atoms.